The summed E-state index contributed by atoms with van der Waals surface area (Å²) in [5.41, 5.74) is 0.667. The quantitative estimate of drug-likeness (QED) is 0.522. The molecule has 0 unspecified atom stereocenters. The summed E-state index contributed by atoms with van der Waals surface area (Å²) in [7, 11) is 0. The van der Waals surface area contributed by atoms with E-state index in [2.05, 4.69) is 12.0 Å². The van der Waals surface area contributed by atoms with Gasteiger partial charge in [0.05, 0.1) is 0 Å². The average Bonchev–Trinajstić information content (AvgIpc) is 2.54. The maximum Gasteiger partial charge on any atom is 0.203 e. The summed E-state index contributed by atoms with van der Waals surface area (Å²) in [6.07, 6.45) is 5.94. The van der Waals surface area contributed by atoms with Gasteiger partial charge in [0.25, 0.3) is 0 Å². The van der Waals surface area contributed by atoms with Crippen LogP contribution in [0.1, 0.15) is 30.8 Å². The Bertz CT molecular complexity index is 312. The highest BCUT2D eigenvalue weighted by Gasteiger charge is 2.07. The van der Waals surface area contributed by atoms with E-state index in [4.69, 9.17) is 0 Å². The molecule has 0 aromatic carbocycles. The molecule has 13 heavy (non-hydrogen) atoms. The third kappa shape index (κ3) is 2.28. The minimum Gasteiger partial charge on any atom is -0.288 e. The average molecular weight is 178 g/mol. The number of ketones is 1. The number of aryl methyl sites for hydroxylation is 1. The van der Waals surface area contributed by atoms with Crippen LogP contribution < -0.4 is 0 Å². The van der Waals surface area contributed by atoms with Gasteiger partial charge in [-0.3, -0.25) is 9.48 Å². The Morgan fingerprint density at radius 2 is 2.46 bits per heavy atom. The van der Waals surface area contributed by atoms with Crippen molar-refractivity contribution < 1.29 is 4.79 Å². The number of hydrogen-bond acceptors (Lipinski definition) is 2. The molecule has 0 radical (unpaired) electrons. The summed E-state index contributed by atoms with van der Waals surface area (Å²) >= 11 is 0. The van der Waals surface area contributed by atoms with Crippen LogP contribution >= 0.6 is 0 Å². The van der Waals surface area contributed by atoms with Gasteiger partial charge in [-0.2, -0.15) is 5.10 Å². The minimum atomic E-state index is 0.0217. The van der Waals surface area contributed by atoms with Gasteiger partial charge < -0.3 is 0 Å². The Labute approximate surface area is 78.1 Å². The number of carbonyl (C=O) groups excluding carboxylic acids is 1. The molecule has 0 spiro atoms. The van der Waals surface area contributed by atoms with Crippen LogP contribution in [-0.4, -0.2) is 15.6 Å². The van der Waals surface area contributed by atoms with E-state index in [0.717, 1.165) is 13.0 Å². The summed E-state index contributed by atoms with van der Waals surface area (Å²) < 4.78 is 1.74. The van der Waals surface area contributed by atoms with Gasteiger partial charge in [-0.25, -0.2) is 0 Å². The molecule has 0 amide bonds. The van der Waals surface area contributed by atoms with Gasteiger partial charge in [0.1, 0.15) is 5.69 Å². The first-order chi connectivity index (χ1) is 6.29. The van der Waals surface area contributed by atoms with Gasteiger partial charge >= 0.3 is 0 Å². The number of aromatic nitrogens is 2. The lowest BCUT2D eigenvalue weighted by Crippen LogP contribution is -2.08. The summed E-state index contributed by atoms with van der Waals surface area (Å²) in [6, 6.07) is 1.75. The van der Waals surface area contributed by atoms with Gasteiger partial charge in [-0.1, -0.05) is 13.0 Å². The monoisotopic (exact) mass is 178 g/mol. The molecule has 0 aliphatic rings. The van der Waals surface area contributed by atoms with Crippen molar-refractivity contribution in [1.82, 2.24) is 9.78 Å². The van der Waals surface area contributed by atoms with Crippen LogP contribution in [0.4, 0.5) is 0 Å². The molecule has 0 fully saturated rings. The first kappa shape index (κ1) is 9.71. The van der Waals surface area contributed by atoms with Crippen LogP contribution in [0.5, 0.6) is 0 Å². The fourth-order valence-electron chi connectivity index (χ4n) is 1.17. The van der Waals surface area contributed by atoms with Crippen molar-refractivity contribution in [2.45, 2.75) is 26.8 Å². The second kappa shape index (κ2) is 4.60. The van der Waals surface area contributed by atoms with E-state index >= 15 is 0 Å². The molecule has 0 bridgehead atoms. The van der Waals surface area contributed by atoms with Crippen LogP contribution in [0.3, 0.4) is 0 Å². The summed E-state index contributed by atoms with van der Waals surface area (Å²) in [6.45, 7) is 4.69. The third-order valence-electron chi connectivity index (χ3n) is 1.72. The zero-order valence-corrected chi connectivity index (χ0v) is 8.03. The molecule has 0 atom stereocenters. The van der Waals surface area contributed by atoms with E-state index in [0.29, 0.717) is 5.69 Å². The van der Waals surface area contributed by atoms with Crippen molar-refractivity contribution in [3.63, 3.8) is 0 Å². The highest BCUT2D eigenvalue weighted by atomic mass is 16.1. The minimum absolute atomic E-state index is 0.0217. The van der Waals surface area contributed by atoms with Crippen LogP contribution in [0.2, 0.25) is 0 Å². The van der Waals surface area contributed by atoms with Gasteiger partial charge in [-0.15, -0.1) is 0 Å². The second-order valence-electron chi connectivity index (χ2n) is 2.80. The molecule has 1 rings (SSSR count). The molecule has 1 heterocycles. The molecule has 70 valence electrons. The lowest BCUT2D eigenvalue weighted by Gasteiger charge is -2.01. The highest BCUT2D eigenvalue weighted by Crippen LogP contribution is 2.02. The topological polar surface area (TPSA) is 34.9 Å². The van der Waals surface area contributed by atoms with Crippen molar-refractivity contribution in [3.8, 4) is 0 Å². The molecule has 1 aromatic rings. The fraction of sp³-hybridized carbons (Fsp3) is 0.400. The van der Waals surface area contributed by atoms with Crippen LogP contribution in [-0.2, 0) is 6.54 Å². The maximum atomic E-state index is 11.5. The van der Waals surface area contributed by atoms with E-state index in [-0.39, 0.29) is 5.78 Å². The summed E-state index contributed by atoms with van der Waals surface area (Å²) in [4.78, 5) is 11.5. The zero-order chi connectivity index (χ0) is 9.68. The standard InChI is InChI=1S/C10H14N2O/c1-3-5-10(13)9-6-7-11-12(9)8-4-2/h3,5-7H,4,8H2,1-2H3/b5-3+. The first-order valence-corrected chi connectivity index (χ1v) is 4.48. The second-order valence-corrected chi connectivity index (χ2v) is 2.80. The smallest absolute Gasteiger partial charge is 0.203 e. The van der Waals surface area contributed by atoms with E-state index < -0.39 is 0 Å². The molecule has 0 N–H and O–H groups in total. The van der Waals surface area contributed by atoms with Crippen molar-refractivity contribution in [1.29, 1.82) is 0 Å². The number of allylic oxidation sites excluding steroid dienone is 2. The molecular formula is C10H14N2O. The number of nitrogens with zero attached hydrogens (tertiary/aromatic N) is 2. The highest BCUT2D eigenvalue weighted by molar-refractivity contribution is 6.03. The SMILES string of the molecule is C/C=C/C(=O)c1ccnn1CCC. The fourth-order valence-corrected chi connectivity index (χ4v) is 1.17. The Kier molecular flexibility index (Phi) is 3.43. The summed E-state index contributed by atoms with van der Waals surface area (Å²) in [5, 5.41) is 4.07. The number of rotatable bonds is 4. The van der Waals surface area contributed by atoms with Crippen molar-refractivity contribution in [3.05, 3.63) is 30.1 Å². The molecular weight excluding hydrogens is 164 g/mol. The van der Waals surface area contributed by atoms with Gasteiger partial charge in [-0.05, 0) is 25.5 Å². The van der Waals surface area contributed by atoms with Crippen LogP contribution in [0.25, 0.3) is 0 Å². The Morgan fingerprint density at radius 1 is 1.69 bits per heavy atom. The van der Waals surface area contributed by atoms with Gasteiger partial charge in [0.2, 0.25) is 5.78 Å². The lowest BCUT2D eigenvalue weighted by molar-refractivity contribution is 0.103. The molecule has 0 aliphatic heterocycles. The normalized spacial score (nSPS) is 10.9. The molecule has 0 saturated carbocycles. The van der Waals surface area contributed by atoms with Crippen LogP contribution in [0, 0.1) is 0 Å². The molecule has 0 saturated heterocycles. The Balaban J connectivity index is 2.86. The van der Waals surface area contributed by atoms with E-state index in [1.54, 1.807) is 29.1 Å². The molecule has 1 aromatic heterocycles. The predicted octanol–water partition coefficient (Wildman–Crippen LogP) is 2.05. The largest absolute Gasteiger partial charge is 0.288 e. The lowest BCUT2D eigenvalue weighted by atomic mass is 10.2. The molecule has 0 aliphatic carbocycles. The van der Waals surface area contributed by atoms with E-state index in [1.807, 2.05) is 6.92 Å². The van der Waals surface area contributed by atoms with Crippen molar-refractivity contribution in [2.24, 2.45) is 0 Å². The molecule has 3 heteroatoms. The van der Waals surface area contributed by atoms with Gasteiger partial charge in [0.15, 0.2) is 0 Å². The predicted molar refractivity (Wildman–Crippen MR) is 51.7 cm³/mol. The summed E-state index contributed by atoms with van der Waals surface area (Å²) in [5.74, 6) is 0.0217. The Morgan fingerprint density at radius 3 is 3.08 bits per heavy atom. The van der Waals surface area contributed by atoms with E-state index in [1.165, 1.54) is 0 Å². The van der Waals surface area contributed by atoms with Gasteiger partial charge in [0, 0.05) is 12.7 Å². The first-order valence-electron chi connectivity index (χ1n) is 4.48. The van der Waals surface area contributed by atoms with Crippen LogP contribution in [0.15, 0.2) is 24.4 Å². The van der Waals surface area contributed by atoms with Crippen molar-refractivity contribution in [2.75, 3.05) is 0 Å². The molecule has 3 nitrogen and oxygen atoms in total. The van der Waals surface area contributed by atoms with E-state index in [9.17, 15) is 4.79 Å². The maximum absolute atomic E-state index is 11.5. The zero-order valence-electron chi connectivity index (χ0n) is 8.03. The third-order valence-corrected chi connectivity index (χ3v) is 1.72. The van der Waals surface area contributed by atoms with Crippen molar-refractivity contribution >= 4 is 5.78 Å². The number of hydrogen-bond donors (Lipinski definition) is 0. The number of carbonyl (C=O) groups is 1. The Hall–Kier alpha value is -1.38.